The molecule has 2 heteroatoms. The highest BCUT2D eigenvalue weighted by Crippen LogP contribution is 2.14. The van der Waals surface area contributed by atoms with Crippen molar-refractivity contribution in [3.05, 3.63) is 71.5 Å². The Kier molecular flexibility index (Phi) is 3.07. The van der Waals surface area contributed by atoms with Crippen molar-refractivity contribution in [2.24, 2.45) is 0 Å². The van der Waals surface area contributed by atoms with Gasteiger partial charge in [-0.15, -0.1) is 0 Å². The highest BCUT2D eigenvalue weighted by molar-refractivity contribution is 5.77. The van der Waals surface area contributed by atoms with Crippen LogP contribution < -0.4 is 0 Å². The van der Waals surface area contributed by atoms with Crippen molar-refractivity contribution in [2.45, 2.75) is 6.92 Å². The summed E-state index contributed by atoms with van der Waals surface area (Å²) in [5, 5.41) is 0. The zero-order chi connectivity index (χ0) is 13.1. The summed E-state index contributed by atoms with van der Waals surface area (Å²) >= 11 is 0. The molecule has 2 aromatic carbocycles. The van der Waals surface area contributed by atoms with E-state index in [0.29, 0.717) is 0 Å². The van der Waals surface area contributed by atoms with E-state index in [0.717, 1.165) is 28.0 Å². The highest BCUT2D eigenvalue weighted by atomic mass is 14.8. The second kappa shape index (κ2) is 5.02. The zero-order valence-corrected chi connectivity index (χ0v) is 10.7. The van der Waals surface area contributed by atoms with Crippen LogP contribution in [0.2, 0.25) is 0 Å². The summed E-state index contributed by atoms with van der Waals surface area (Å²) < 4.78 is 0. The van der Waals surface area contributed by atoms with Crippen molar-refractivity contribution in [3.63, 3.8) is 0 Å². The minimum Gasteiger partial charge on any atom is -0.249 e. The van der Waals surface area contributed by atoms with E-state index in [2.05, 4.69) is 28.2 Å². The molecule has 0 saturated carbocycles. The third kappa shape index (κ3) is 2.52. The van der Waals surface area contributed by atoms with Crippen molar-refractivity contribution in [1.29, 1.82) is 0 Å². The third-order valence-electron chi connectivity index (χ3n) is 3.01. The number of benzene rings is 2. The number of hydrogen-bond acceptors (Lipinski definition) is 2. The van der Waals surface area contributed by atoms with Crippen LogP contribution in [0.5, 0.6) is 0 Å². The Morgan fingerprint density at radius 1 is 0.737 bits per heavy atom. The SMILES string of the molecule is Cc1nc2ccccc2nc1/C=C/c1ccccc1. The molecule has 3 aromatic rings. The Bertz CT molecular complexity index is 731. The predicted molar refractivity (Wildman–Crippen MR) is 79.6 cm³/mol. The van der Waals surface area contributed by atoms with Crippen molar-refractivity contribution < 1.29 is 0 Å². The summed E-state index contributed by atoms with van der Waals surface area (Å²) in [7, 11) is 0. The largest absolute Gasteiger partial charge is 0.249 e. The quantitative estimate of drug-likeness (QED) is 0.680. The van der Waals surface area contributed by atoms with Crippen molar-refractivity contribution in [3.8, 4) is 0 Å². The predicted octanol–water partition coefficient (Wildman–Crippen LogP) is 4.11. The molecule has 92 valence electrons. The van der Waals surface area contributed by atoms with Crippen LogP contribution in [0.1, 0.15) is 17.0 Å². The van der Waals surface area contributed by atoms with Crippen LogP contribution in [0.25, 0.3) is 23.2 Å². The minimum atomic E-state index is 0.919. The average molecular weight is 246 g/mol. The maximum Gasteiger partial charge on any atom is 0.0894 e. The summed E-state index contributed by atoms with van der Waals surface area (Å²) in [6.07, 6.45) is 4.08. The summed E-state index contributed by atoms with van der Waals surface area (Å²) in [6, 6.07) is 18.1. The van der Waals surface area contributed by atoms with Gasteiger partial charge in [-0.05, 0) is 30.7 Å². The summed E-state index contributed by atoms with van der Waals surface area (Å²) in [4.78, 5) is 9.21. The Balaban J connectivity index is 2.01. The molecule has 0 bridgehead atoms. The second-order valence-electron chi connectivity index (χ2n) is 4.43. The van der Waals surface area contributed by atoms with Gasteiger partial charge in [-0.3, -0.25) is 0 Å². The molecule has 0 amide bonds. The molecule has 0 radical (unpaired) electrons. The molecule has 1 aromatic heterocycles. The van der Waals surface area contributed by atoms with Crippen molar-refractivity contribution >= 4 is 23.2 Å². The summed E-state index contributed by atoms with van der Waals surface area (Å²) in [5.41, 5.74) is 4.91. The molecule has 3 rings (SSSR count). The number of aromatic nitrogens is 2. The van der Waals surface area contributed by atoms with Gasteiger partial charge in [-0.1, -0.05) is 48.5 Å². The van der Waals surface area contributed by atoms with Gasteiger partial charge in [-0.25, -0.2) is 9.97 Å². The number of para-hydroxylation sites is 2. The van der Waals surface area contributed by atoms with Gasteiger partial charge in [0, 0.05) is 0 Å². The summed E-state index contributed by atoms with van der Waals surface area (Å²) in [6.45, 7) is 1.99. The third-order valence-corrected chi connectivity index (χ3v) is 3.01. The molecule has 0 atom stereocenters. The van der Waals surface area contributed by atoms with E-state index >= 15 is 0 Å². The maximum absolute atomic E-state index is 4.64. The Hall–Kier alpha value is -2.48. The molecular formula is C17H14N2. The minimum absolute atomic E-state index is 0.919. The molecule has 0 aliphatic heterocycles. The number of aryl methyl sites for hydroxylation is 1. The summed E-state index contributed by atoms with van der Waals surface area (Å²) in [5.74, 6) is 0. The van der Waals surface area contributed by atoms with Crippen LogP contribution in [0.15, 0.2) is 54.6 Å². The molecule has 0 aliphatic carbocycles. The molecule has 0 saturated heterocycles. The van der Waals surface area contributed by atoms with Gasteiger partial charge < -0.3 is 0 Å². The first-order valence-corrected chi connectivity index (χ1v) is 6.29. The molecular weight excluding hydrogens is 232 g/mol. The molecule has 2 nitrogen and oxygen atoms in total. The molecule has 0 unspecified atom stereocenters. The lowest BCUT2D eigenvalue weighted by molar-refractivity contribution is 1.16. The number of hydrogen-bond donors (Lipinski definition) is 0. The van der Waals surface area contributed by atoms with Crippen LogP contribution in [0, 0.1) is 6.92 Å². The normalized spacial score (nSPS) is 11.2. The van der Waals surface area contributed by atoms with E-state index in [1.54, 1.807) is 0 Å². The van der Waals surface area contributed by atoms with E-state index in [4.69, 9.17) is 0 Å². The van der Waals surface area contributed by atoms with Gasteiger partial charge in [0.1, 0.15) is 0 Å². The number of rotatable bonds is 2. The molecule has 0 spiro atoms. The molecule has 19 heavy (non-hydrogen) atoms. The van der Waals surface area contributed by atoms with Crippen LogP contribution in [-0.2, 0) is 0 Å². The fraction of sp³-hybridized carbons (Fsp3) is 0.0588. The van der Waals surface area contributed by atoms with Gasteiger partial charge in [0.05, 0.1) is 22.4 Å². The highest BCUT2D eigenvalue weighted by Gasteiger charge is 2.01. The lowest BCUT2D eigenvalue weighted by atomic mass is 10.2. The second-order valence-corrected chi connectivity index (χ2v) is 4.43. The van der Waals surface area contributed by atoms with Gasteiger partial charge in [0.15, 0.2) is 0 Å². The van der Waals surface area contributed by atoms with E-state index in [1.807, 2.05) is 55.5 Å². The fourth-order valence-electron chi connectivity index (χ4n) is 2.00. The lowest BCUT2D eigenvalue weighted by Crippen LogP contribution is -1.93. The van der Waals surface area contributed by atoms with E-state index in [1.165, 1.54) is 0 Å². The van der Waals surface area contributed by atoms with E-state index in [9.17, 15) is 0 Å². The molecule has 1 heterocycles. The molecule has 0 fully saturated rings. The number of nitrogens with zero attached hydrogens (tertiary/aromatic N) is 2. The first-order chi connectivity index (χ1) is 9.33. The maximum atomic E-state index is 4.64. The van der Waals surface area contributed by atoms with Gasteiger partial charge in [0.2, 0.25) is 0 Å². The fourth-order valence-corrected chi connectivity index (χ4v) is 2.00. The van der Waals surface area contributed by atoms with Crippen LogP contribution in [0.3, 0.4) is 0 Å². The number of fused-ring (bicyclic) bond motifs is 1. The van der Waals surface area contributed by atoms with E-state index < -0.39 is 0 Å². The zero-order valence-electron chi connectivity index (χ0n) is 10.7. The van der Waals surface area contributed by atoms with Crippen molar-refractivity contribution in [1.82, 2.24) is 9.97 Å². The standard InChI is InChI=1S/C17H14N2/c1-13-15(12-11-14-7-3-2-4-8-14)19-17-10-6-5-9-16(17)18-13/h2-12H,1H3/b12-11+. The average Bonchev–Trinajstić information content (AvgIpc) is 2.46. The van der Waals surface area contributed by atoms with Gasteiger partial charge in [0.25, 0.3) is 0 Å². The van der Waals surface area contributed by atoms with E-state index in [-0.39, 0.29) is 0 Å². The molecule has 0 aliphatic rings. The first-order valence-electron chi connectivity index (χ1n) is 6.29. The smallest absolute Gasteiger partial charge is 0.0894 e. The molecule has 0 N–H and O–H groups in total. The Morgan fingerprint density at radius 3 is 2.11 bits per heavy atom. The van der Waals surface area contributed by atoms with Crippen molar-refractivity contribution in [2.75, 3.05) is 0 Å². The van der Waals surface area contributed by atoms with Crippen LogP contribution in [-0.4, -0.2) is 9.97 Å². The van der Waals surface area contributed by atoms with Gasteiger partial charge in [-0.2, -0.15) is 0 Å². The topological polar surface area (TPSA) is 25.8 Å². The van der Waals surface area contributed by atoms with Gasteiger partial charge >= 0.3 is 0 Å². The lowest BCUT2D eigenvalue weighted by Gasteiger charge is -2.02. The van der Waals surface area contributed by atoms with Crippen LogP contribution in [0.4, 0.5) is 0 Å². The first kappa shape index (κ1) is 11.6. The Morgan fingerprint density at radius 2 is 1.37 bits per heavy atom. The monoisotopic (exact) mass is 246 g/mol. The van der Waals surface area contributed by atoms with Crippen LogP contribution >= 0.6 is 0 Å². The Labute approximate surface area is 112 Å².